The molecule has 26 heavy (non-hydrogen) atoms. The van der Waals surface area contributed by atoms with Gasteiger partial charge in [-0.15, -0.1) is 0 Å². The smallest absolute Gasteiger partial charge is 0.271 e. The molecular formula is C19H30N4O3. The molecule has 0 aliphatic carbocycles. The average molecular weight is 362 g/mol. The molecule has 0 saturated carbocycles. The Balaban J connectivity index is 1.29. The Bertz CT molecular complexity index is 638. The SMILES string of the molecule is Cc1ncc(C(=O)N2CCC3(CC2)CO[C@@H](CN2CCC[C@H]2CO)C3)[nH]1. The van der Waals surface area contributed by atoms with Gasteiger partial charge < -0.3 is 19.7 Å². The van der Waals surface area contributed by atoms with Crippen molar-refractivity contribution in [3.63, 3.8) is 0 Å². The number of likely N-dealkylation sites (tertiary alicyclic amines) is 2. The molecular weight excluding hydrogens is 332 g/mol. The molecule has 0 bridgehead atoms. The van der Waals surface area contributed by atoms with Gasteiger partial charge in [0.2, 0.25) is 0 Å². The molecule has 4 heterocycles. The number of nitrogens with zero attached hydrogens (tertiary/aromatic N) is 3. The number of ether oxygens (including phenoxy) is 1. The summed E-state index contributed by atoms with van der Waals surface area (Å²) in [7, 11) is 0. The van der Waals surface area contributed by atoms with Crippen molar-refractivity contribution in [3.05, 3.63) is 17.7 Å². The molecule has 144 valence electrons. The number of rotatable bonds is 4. The summed E-state index contributed by atoms with van der Waals surface area (Å²) in [6, 6.07) is 0.312. The van der Waals surface area contributed by atoms with Crippen LogP contribution in [0.1, 0.15) is 48.4 Å². The number of hydrogen-bond acceptors (Lipinski definition) is 5. The summed E-state index contributed by atoms with van der Waals surface area (Å²) in [5, 5.41) is 9.50. The van der Waals surface area contributed by atoms with Crippen molar-refractivity contribution in [2.75, 3.05) is 39.4 Å². The minimum Gasteiger partial charge on any atom is -0.395 e. The molecule has 1 aromatic rings. The molecule has 4 rings (SSSR count). The van der Waals surface area contributed by atoms with Crippen molar-refractivity contribution in [3.8, 4) is 0 Å². The Morgan fingerprint density at radius 2 is 2.23 bits per heavy atom. The molecule has 7 nitrogen and oxygen atoms in total. The van der Waals surface area contributed by atoms with Crippen LogP contribution in [0.15, 0.2) is 6.20 Å². The fourth-order valence-electron chi connectivity index (χ4n) is 4.85. The quantitative estimate of drug-likeness (QED) is 0.841. The highest BCUT2D eigenvalue weighted by Crippen LogP contribution is 2.42. The lowest BCUT2D eigenvalue weighted by atomic mass is 9.76. The Labute approximate surface area is 154 Å². The Kier molecular flexibility index (Phi) is 5.03. The van der Waals surface area contributed by atoms with E-state index in [1.807, 2.05) is 11.8 Å². The Hall–Kier alpha value is -1.44. The number of aliphatic hydroxyl groups excluding tert-OH is 1. The summed E-state index contributed by atoms with van der Waals surface area (Å²) in [6.45, 7) is 6.50. The van der Waals surface area contributed by atoms with Crippen molar-refractivity contribution < 1.29 is 14.6 Å². The zero-order valence-electron chi connectivity index (χ0n) is 15.6. The number of hydrogen-bond donors (Lipinski definition) is 2. The van der Waals surface area contributed by atoms with Crippen LogP contribution in [0.25, 0.3) is 0 Å². The molecule has 3 aliphatic heterocycles. The van der Waals surface area contributed by atoms with Crippen LogP contribution in [-0.2, 0) is 4.74 Å². The first kappa shape index (κ1) is 17.9. The highest BCUT2D eigenvalue weighted by Gasteiger charge is 2.44. The molecule has 0 radical (unpaired) electrons. The first-order chi connectivity index (χ1) is 12.6. The molecule has 0 unspecified atom stereocenters. The zero-order valence-corrected chi connectivity index (χ0v) is 15.6. The summed E-state index contributed by atoms with van der Waals surface area (Å²) >= 11 is 0. The fraction of sp³-hybridized carbons (Fsp3) is 0.789. The second kappa shape index (κ2) is 7.29. The fourth-order valence-corrected chi connectivity index (χ4v) is 4.85. The summed E-state index contributed by atoms with van der Waals surface area (Å²) in [4.78, 5) is 24.1. The van der Waals surface area contributed by atoms with Gasteiger partial charge in [-0.3, -0.25) is 9.69 Å². The van der Waals surface area contributed by atoms with Crippen molar-refractivity contribution in [2.45, 2.75) is 51.2 Å². The molecule has 0 aromatic carbocycles. The van der Waals surface area contributed by atoms with Crippen LogP contribution >= 0.6 is 0 Å². The van der Waals surface area contributed by atoms with E-state index >= 15 is 0 Å². The van der Waals surface area contributed by atoms with Crippen LogP contribution in [0, 0.1) is 12.3 Å². The van der Waals surface area contributed by atoms with Crippen LogP contribution in [0.4, 0.5) is 0 Å². The summed E-state index contributed by atoms with van der Waals surface area (Å²) in [6.07, 6.45) is 7.25. The Morgan fingerprint density at radius 1 is 1.42 bits per heavy atom. The predicted molar refractivity (Wildman–Crippen MR) is 96.9 cm³/mol. The number of carbonyl (C=O) groups excluding carboxylic acids is 1. The molecule has 2 atom stereocenters. The van der Waals surface area contributed by atoms with Gasteiger partial charge in [-0.05, 0) is 51.0 Å². The summed E-state index contributed by atoms with van der Waals surface area (Å²) in [5.74, 6) is 0.829. The maximum absolute atomic E-state index is 12.6. The predicted octanol–water partition coefficient (Wildman–Crippen LogP) is 1.19. The van der Waals surface area contributed by atoms with E-state index in [9.17, 15) is 9.90 Å². The van der Waals surface area contributed by atoms with Gasteiger partial charge in [0.1, 0.15) is 11.5 Å². The average Bonchev–Trinajstić information content (AvgIpc) is 3.36. The van der Waals surface area contributed by atoms with E-state index in [-0.39, 0.29) is 24.0 Å². The van der Waals surface area contributed by atoms with Crippen LogP contribution in [-0.4, -0.2) is 82.3 Å². The molecule has 3 fully saturated rings. The van der Waals surface area contributed by atoms with E-state index in [2.05, 4.69) is 14.9 Å². The maximum Gasteiger partial charge on any atom is 0.271 e. The van der Waals surface area contributed by atoms with Crippen LogP contribution in [0.5, 0.6) is 0 Å². The number of nitrogens with one attached hydrogen (secondary N) is 1. The van der Waals surface area contributed by atoms with E-state index in [0.717, 1.165) is 64.3 Å². The van der Waals surface area contributed by atoms with Gasteiger partial charge in [-0.25, -0.2) is 4.98 Å². The third-order valence-electron chi connectivity index (χ3n) is 6.48. The number of aryl methyl sites for hydroxylation is 1. The number of carbonyl (C=O) groups is 1. The molecule has 3 saturated heterocycles. The first-order valence-electron chi connectivity index (χ1n) is 9.86. The number of H-pyrrole nitrogens is 1. The number of aromatic nitrogens is 2. The van der Waals surface area contributed by atoms with Gasteiger partial charge in [0.15, 0.2) is 0 Å². The lowest BCUT2D eigenvalue weighted by Crippen LogP contribution is -2.44. The molecule has 1 aromatic heterocycles. The monoisotopic (exact) mass is 362 g/mol. The van der Waals surface area contributed by atoms with Gasteiger partial charge in [0.05, 0.1) is 25.5 Å². The minimum atomic E-state index is 0.0544. The standard InChI is InChI=1S/C19H30N4O3/c1-14-20-10-17(21-14)18(25)22-7-4-19(5-8-22)9-16(26-13-19)11-23-6-2-3-15(23)12-24/h10,15-16,24H,2-9,11-13H2,1H3,(H,20,21)/t15-,16+/m0/s1. The number of piperidine rings is 1. The number of imidazole rings is 1. The zero-order chi connectivity index (χ0) is 18.1. The topological polar surface area (TPSA) is 81.7 Å². The van der Waals surface area contributed by atoms with Gasteiger partial charge in [0.25, 0.3) is 5.91 Å². The third kappa shape index (κ3) is 3.52. The molecule has 7 heteroatoms. The van der Waals surface area contributed by atoms with E-state index < -0.39 is 0 Å². The summed E-state index contributed by atoms with van der Waals surface area (Å²) in [5.41, 5.74) is 0.808. The highest BCUT2D eigenvalue weighted by molar-refractivity contribution is 5.92. The van der Waals surface area contributed by atoms with Crippen LogP contribution < -0.4 is 0 Å². The first-order valence-corrected chi connectivity index (χ1v) is 9.86. The van der Waals surface area contributed by atoms with Crippen LogP contribution in [0.3, 0.4) is 0 Å². The van der Waals surface area contributed by atoms with Gasteiger partial charge in [0, 0.05) is 25.7 Å². The van der Waals surface area contributed by atoms with Gasteiger partial charge in [-0.2, -0.15) is 0 Å². The van der Waals surface area contributed by atoms with Crippen molar-refractivity contribution in [2.24, 2.45) is 5.41 Å². The second-order valence-electron chi connectivity index (χ2n) is 8.29. The molecule has 3 aliphatic rings. The highest BCUT2D eigenvalue weighted by atomic mass is 16.5. The van der Waals surface area contributed by atoms with Crippen molar-refractivity contribution in [1.29, 1.82) is 0 Å². The van der Waals surface area contributed by atoms with Gasteiger partial charge >= 0.3 is 0 Å². The Morgan fingerprint density at radius 3 is 2.92 bits per heavy atom. The lowest BCUT2D eigenvalue weighted by molar-refractivity contribution is 0.0399. The summed E-state index contributed by atoms with van der Waals surface area (Å²) < 4.78 is 6.14. The maximum atomic E-state index is 12.6. The number of amides is 1. The van der Waals surface area contributed by atoms with E-state index in [0.29, 0.717) is 11.7 Å². The van der Waals surface area contributed by atoms with E-state index in [4.69, 9.17) is 4.74 Å². The van der Waals surface area contributed by atoms with Crippen molar-refractivity contribution >= 4 is 5.91 Å². The van der Waals surface area contributed by atoms with Crippen LogP contribution in [0.2, 0.25) is 0 Å². The second-order valence-corrected chi connectivity index (χ2v) is 8.29. The van der Waals surface area contributed by atoms with Gasteiger partial charge in [-0.1, -0.05) is 0 Å². The molecule has 1 spiro atoms. The number of aromatic amines is 1. The lowest BCUT2D eigenvalue weighted by Gasteiger charge is -2.38. The third-order valence-corrected chi connectivity index (χ3v) is 6.48. The van der Waals surface area contributed by atoms with Crippen molar-refractivity contribution in [1.82, 2.24) is 19.8 Å². The largest absolute Gasteiger partial charge is 0.395 e. The molecule has 1 amide bonds. The normalized spacial score (nSPS) is 28.9. The van der Waals surface area contributed by atoms with E-state index in [1.54, 1.807) is 6.20 Å². The number of aliphatic hydroxyl groups is 1. The molecule has 2 N–H and O–H groups in total. The minimum absolute atomic E-state index is 0.0544. The van der Waals surface area contributed by atoms with E-state index in [1.165, 1.54) is 6.42 Å².